The topological polar surface area (TPSA) is 35.2 Å². The minimum atomic E-state index is -0.284. The summed E-state index contributed by atoms with van der Waals surface area (Å²) in [7, 11) is 1.58. The quantitative estimate of drug-likeness (QED) is 0.890. The lowest BCUT2D eigenvalue weighted by Crippen LogP contribution is -2.16. The van der Waals surface area contributed by atoms with Gasteiger partial charge in [-0.2, -0.15) is 0 Å². The molecule has 0 aromatic heterocycles. The fourth-order valence-electron chi connectivity index (χ4n) is 1.02. The number of hydrogen-bond acceptors (Lipinski definition) is 2. The second kappa shape index (κ2) is 4.69. The molecule has 13 heavy (non-hydrogen) atoms. The third-order valence-electron chi connectivity index (χ3n) is 1.72. The summed E-state index contributed by atoms with van der Waals surface area (Å²) in [5, 5.41) is 0. The van der Waals surface area contributed by atoms with Crippen LogP contribution in [0, 0.1) is 5.82 Å². The van der Waals surface area contributed by atoms with E-state index in [2.05, 4.69) is 15.9 Å². The molecule has 0 bridgehead atoms. The van der Waals surface area contributed by atoms with Crippen molar-refractivity contribution in [1.82, 2.24) is 0 Å². The zero-order valence-corrected chi connectivity index (χ0v) is 8.84. The standard InChI is InChI=1S/C9H11BrFNO/c1-13-5-9(12)6-2-3-8(11)7(10)4-6/h2-4,9H,5,12H2,1H3. The summed E-state index contributed by atoms with van der Waals surface area (Å²) < 4.78 is 18.2. The second-order valence-corrected chi connectivity index (χ2v) is 3.59. The summed E-state index contributed by atoms with van der Waals surface area (Å²) in [6, 6.07) is 4.50. The van der Waals surface area contributed by atoms with Crippen LogP contribution in [0.2, 0.25) is 0 Å². The van der Waals surface area contributed by atoms with Gasteiger partial charge < -0.3 is 10.5 Å². The normalized spacial score (nSPS) is 12.9. The number of hydrogen-bond donors (Lipinski definition) is 1. The second-order valence-electron chi connectivity index (χ2n) is 2.74. The fourth-order valence-corrected chi connectivity index (χ4v) is 1.42. The third kappa shape index (κ3) is 2.76. The highest BCUT2D eigenvalue weighted by Gasteiger charge is 2.07. The predicted octanol–water partition coefficient (Wildman–Crippen LogP) is 2.23. The molecule has 1 rings (SSSR count). The highest BCUT2D eigenvalue weighted by Crippen LogP contribution is 2.20. The van der Waals surface area contributed by atoms with Crippen molar-refractivity contribution in [3.8, 4) is 0 Å². The van der Waals surface area contributed by atoms with Crippen molar-refractivity contribution in [3.63, 3.8) is 0 Å². The first-order valence-corrected chi connectivity index (χ1v) is 4.64. The lowest BCUT2D eigenvalue weighted by molar-refractivity contribution is 0.181. The molecule has 0 aliphatic carbocycles. The molecule has 1 unspecified atom stereocenters. The highest BCUT2D eigenvalue weighted by atomic mass is 79.9. The molecule has 1 aromatic carbocycles. The van der Waals surface area contributed by atoms with Crippen LogP contribution in [0.4, 0.5) is 4.39 Å². The Bertz CT molecular complexity index is 293. The van der Waals surface area contributed by atoms with Crippen LogP contribution in [0.3, 0.4) is 0 Å². The Balaban J connectivity index is 2.84. The maximum Gasteiger partial charge on any atom is 0.137 e. The molecule has 0 fully saturated rings. The van der Waals surface area contributed by atoms with Crippen LogP contribution in [-0.4, -0.2) is 13.7 Å². The van der Waals surface area contributed by atoms with E-state index < -0.39 is 0 Å². The third-order valence-corrected chi connectivity index (χ3v) is 2.33. The summed E-state index contributed by atoms with van der Waals surface area (Å²) in [5.74, 6) is -0.284. The van der Waals surface area contributed by atoms with Gasteiger partial charge in [-0.05, 0) is 33.6 Å². The van der Waals surface area contributed by atoms with Crippen LogP contribution in [0.5, 0.6) is 0 Å². The number of benzene rings is 1. The van der Waals surface area contributed by atoms with Gasteiger partial charge in [-0.25, -0.2) is 4.39 Å². The summed E-state index contributed by atoms with van der Waals surface area (Å²) in [4.78, 5) is 0. The van der Waals surface area contributed by atoms with Crippen molar-refractivity contribution < 1.29 is 9.13 Å². The molecule has 0 heterocycles. The average Bonchev–Trinajstić information content (AvgIpc) is 2.10. The maximum atomic E-state index is 12.8. The van der Waals surface area contributed by atoms with E-state index in [1.54, 1.807) is 19.2 Å². The number of halogens is 2. The summed E-state index contributed by atoms with van der Waals surface area (Å²) in [6.45, 7) is 0.429. The van der Waals surface area contributed by atoms with Gasteiger partial charge in [-0.1, -0.05) is 6.07 Å². The van der Waals surface area contributed by atoms with Gasteiger partial charge in [0.2, 0.25) is 0 Å². The molecule has 72 valence electrons. The van der Waals surface area contributed by atoms with Crippen molar-refractivity contribution in [2.45, 2.75) is 6.04 Å². The largest absolute Gasteiger partial charge is 0.383 e. The lowest BCUT2D eigenvalue weighted by Gasteiger charge is -2.10. The van der Waals surface area contributed by atoms with Crippen molar-refractivity contribution in [3.05, 3.63) is 34.1 Å². The van der Waals surface area contributed by atoms with Crippen LogP contribution in [0.15, 0.2) is 22.7 Å². The van der Waals surface area contributed by atoms with E-state index >= 15 is 0 Å². The van der Waals surface area contributed by atoms with E-state index in [0.29, 0.717) is 11.1 Å². The van der Waals surface area contributed by atoms with Crippen LogP contribution in [0.1, 0.15) is 11.6 Å². The average molecular weight is 248 g/mol. The Morgan fingerprint density at radius 2 is 2.31 bits per heavy atom. The number of ether oxygens (including phenoxy) is 1. The number of nitrogens with two attached hydrogens (primary N) is 1. The molecule has 2 N–H and O–H groups in total. The summed E-state index contributed by atoms with van der Waals surface area (Å²) >= 11 is 3.09. The predicted molar refractivity (Wildman–Crippen MR) is 52.9 cm³/mol. The zero-order valence-electron chi connectivity index (χ0n) is 7.26. The van der Waals surface area contributed by atoms with Gasteiger partial charge in [0.25, 0.3) is 0 Å². The van der Waals surface area contributed by atoms with Gasteiger partial charge in [0.05, 0.1) is 17.1 Å². The molecule has 0 amide bonds. The molecule has 0 aliphatic rings. The van der Waals surface area contributed by atoms with E-state index in [-0.39, 0.29) is 11.9 Å². The molecule has 2 nitrogen and oxygen atoms in total. The fraction of sp³-hybridized carbons (Fsp3) is 0.333. The van der Waals surface area contributed by atoms with Crippen LogP contribution >= 0.6 is 15.9 Å². The monoisotopic (exact) mass is 247 g/mol. The van der Waals surface area contributed by atoms with E-state index in [0.717, 1.165) is 5.56 Å². The van der Waals surface area contributed by atoms with Gasteiger partial charge in [-0.3, -0.25) is 0 Å². The SMILES string of the molecule is COCC(N)c1ccc(F)c(Br)c1. The molecule has 0 radical (unpaired) electrons. The molecule has 0 spiro atoms. The van der Waals surface area contributed by atoms with E-state index in [4.69, 9.17) is 10.5 Å². The van der Waals surface area contributed by atoms with Gasteiger partial charge >= 0.3 is 0 Å². The Hall–Kier alpha value is -0.450. The summed E-state index contributed by atoms with van der Waals surface area (Å²) in [6.07, 6.45) is 0. The molecule has 0 aliphatic heterocycles. The van der Waals surface area contributed by atoms with Crippen LogP contribution < -0.4 is 5.73 Å². The highest BCUT2D eigenvalue weighted by molar-refractivity contribution is 9.10. The molecule has 4 heteroatoms. The van der Waals surface area contributed by atoms with Crippen molar-refractivity contribution >= 4 is 15.9 Å². The first-order valence-electron chi connectivity index (χ1n) is 3.84. The van der Waals surface area contributed by atoms with Gasteiger partial charge in [0.1, 0.15) is 5.82 Å². The first kappa shape index (κ1) is 10.6. The molecular weight excluding hydrogens is 237 g/mol. The molecule has 0 saturated heterocycles. The van der Waals surface area contributed by atoms with Crippen LogP contribution in [-0.2, 0) is 4.74 Å². The lowest BCUT2D eigenvalue weighted by atomic mass is 10.1. The van der Waals surface area contributed by atoms with Gasteiger partial charge in [0, 0.05) is 7.11 Å². The Labute approximate surface area is 85.0 Å². The first-order chi connectivity index (χ1) is 6.15. The van der Waals surface area contributed by atoms with Crippen molar-refractivity contribution in [1.29, 1.82) is 0 Å². The summed E-state index contributed by atoms with van der Waals surface area (Å²) in [5.41, 5.74) is 6.61. The Kier molecular flexibility index (Phi) is 3.84. The van der Waals surface area contributed by atoms with Gasteiger partial charge in [-0.15, -0.1) is 0 Å². The van der Waals surface area contributed by atoms with E-state index in [1.165, 1.54) is 6.07 Å². The van der Waals surface area contributed by atoms with Gasteiger partial charge in [0.15, 0.2) is 0 Å². The van der Waals surface area contributed by atoms with Crippen molar-refractivity contribution in [2.75, 3.05) is 13.7 Å². The number of methoxy groups -OCH3 is 1. The smallest absolute Gasteiger partial charge is 0.137 e. The minimum Gasteiger partial charge on any atom is -0.383 e. The Morgan fingerprint density at radius 3 is 2.85 bits per heavy atom. The Morgan fingerprint density at radius 1 is 1.62 bits per heavy atom. The molecular formula is C9H11BrFNO. The van der Waals surface area contributed by atoms with E-state index in [1.807, 2.05) is 0 Å². The number of rotatable bonds is 3. The molecule has 0 saturated carbocycles. The molecule has 1 atom stereocenters. The molecule has 1 aromatic rings. The minimum absolute atomic E-state index is 0.207. The maximum absolute atomic E-state index is 12.8. The van der Waals surface area contributed by atoms with Crippen LogP contribution in [0.25, 0.3) is 0 Å². The van der Waals surface area contributed by atoms with Crippen molar-refractivity contribution in [2.24, 2.45) is 5.73 Å². The zero-order chi connectivity index (χ0) is 9.84. The van der Waals surface area contributed by atoms with E-state index in [9.17, 15) is 4.39 Å².